The van der Waals surface area contributed by atoms with Crippen molar-refractivity contribution in [2.75, 3.05) is 19.0 Å². The molecular weight excluding hydrogens is 340 g/mol. The fourth-order valence-electron chi connectivity index (χ4n) is 3.17. The molecule has 0 fully saturated rings. The number of carbonyl (C=O) groups is 2. The lowest BCUT2D eigenvalue weighted by Crippen LogP contribution is -2.15. The van der Waals surface area contributed by atoms with E-state index >= 15 is 0 Å². The smallest absolute Gasteiger partial charge is 0.337 e. The average Bonchev–Trinajstić information content (AvgIpc) is 3.00. The molecule has 0 amide bonds. The van der Waals surface area contributed by atoms with Gasteiger partial charge in [0, 0.05) is 28.3 Å². The molecule has 0 aliphatic rings. The number of benzene rings is 2. The molecule has 0 aliphatic heterocycles. The number of anilines is 1. The van der Waals surface area contributed by atoms with E-state index in [0.29, 0.717) is 16.8 Å². The molecule has 0 atom stereocenters. The summed E-state index contributed by atoms with van der Waals surface area (Å²) in [5.74, 6) is -0.412. The Morgan fingerprint density at radius 2 is 1.74 bits per heavy atom. The van der Waals surface area contributed by atoms with Gasteiger partial charge in [-0.05, 0) is 50.2 Å². The SMILES string of the molecule is COC(=O)c1cccc(NCC(=O)c2cc(C)n(-c3ccccc3)c2C)c1. The fraction of sp³-hybridized carbons (Fsp3) is 0.182. The van der Waals surface area contributed by atoms with Crippen molar-refractivity contribution in [3.63, 3.8) is 0 Å². The van der Waals surface area contributed by atoms with Crippen LogP contribution in [0.5, 0.6) is 0 Å². The van der Waals surface area contributed by atoms with Crippen molar-refractivity contribution < 1.29 is 14.3 Å². The highest BCUT2D eigenvalue weighted by Gasteiger charge is 2.16. The number of nitrogens with zero attached hydrogens (tertiary/aromatic N) is 1. The number of methoxy groups -OCH3 is 1. The van der Waals surface area contributed by atoms with Crippen LogP contribution in [0, 0.1) is 13.8 Å². The highest BCUT2D eigenvalue weighted by Crippen LogP contribution is 2.21. The average molecular weight is 362 g/mol. The second-order valence-electron chi connectivity index (χ2n) is 6.30. The lowest BCUT2D eigenvalue weighted by Gasteiger charge is -2.10. The predicted molar refractivity (Wildman–Crippen MR) is 106 cm³/mol. The Kier molecular flexibility index (Phi) is 5.41. The summed E-state index contributed by atoms with van der Waals surface area (Å²) < 4.78 is 6.80. The number of rotatable bonds is 6. The van der Waals surface area contributed by atoms with Gasteiger partial charge in [-0.2, -0.15) is 0 Å². The first-order valence-electron chi connectivity index (χ1n) is 8.71. The Hall–Kier alpha value is -3.34. The number of aromatic nitrogens is 1. The van der Waals surface area contributed by atoms with Gasteiger partial charge in [-0.1, -0.05) is 24.3 Å². The molecule has 0 aliphatic carbocycles. The maximum atomic E-state index is 12.7. The molecule has 0 saturated carbocycles. The second-order valence-corrected chi connectivity index (χ2v) is 6.30. The molecule has 27 heavy (non-hydrogen) atoms. The summed E-state index contributed by atoms with van der Waals surface area (Å²) in [7, 11) is 1.34. The molecule has 0 saturated heterocycles. The zero-order valence-corrected chi connectivity index (χ0v) is 15.7. The topological polar surface area (TPSA) is 60.3 Å². The van der Waals surface area contributed by atoms with Crippen LogP contribution in [0.1, 0.15) is 32.1 Å². The molecule has 0 spiro atoms. The zero-order chi connectivity index (χ0) is 19.4. The number of esters is 1. The number of hydrogen-bond donors (Lipinski definition) is 1. The van der Waals surface area contributed by atoms with Crippen molar-refractivity contribution in [1.29, 1.82) is 0 Å². The minimum atomic E-state index is -0.406. The monoisotopic (exact) mass is 362 g/mol. The van der Waals surface area contributed by atoms with Crippen LogP contribution in [0.4, 0.5) is 5.69 Å². The predicted octanol–water partition coefficient (Wildman–Crippen LogP) is 4.18. The van der Waals surface area contributed by atoms with Crippen LogP contribution < -0.4 is 5.32 Å². The maximum Gasteiger partial charge on any atom is 0.337 e. The molecule has 2 aromatic carbocycles. The van der Waals surface area contributed by atoms with E-state index in [1.54, 1.807) is 18.2 Å². The van der Waals surface area contributed by atoms with E-state index in [4.69, 9.17) is 4.74 Å². The van der Waals surface area contributed by atoms with Gasteiger partial charge in [0.25, 0.3) is 0 Å². The lowest BCUT2D eigenvalue weighted by molar-refractivity contribution is 0.0600. The molecule has 1 aromatic heterocycles. The Balaban J connectivity index is 1.77. The van der Waals surface area contributed by atoms with Gasteiger partial charge in [0.2, 0.25) is 0 Å². The number of para-hydroxylation sites is 1. The quantitative estimate of drug-likeness (QED) is 0.528. The highest BCUT2D eigenvalue weighted by molar-refractivity contribution is 6.00. The van der Waals surface area contributed by atoms with E-state index in [1.165, 1.54) is 7.11 Å². The van der Waals surface area contributed by atoms with Crippen LogP contribution in [0.15, 0.2) is 60.7 Å². The van der Waals surface area contributed by atoms with Crippen LogP contribution in [-0.4, -0.2) is 30.0 Å². The Morgan fingerprint density at radius 3 is 2.44 bits per heavy atom. The van der Waals surface area contributed by atoms with Gasteiger partial charge < -0.3 is 14.6 Å². The highest BCUT2D eigenvalue weighted by atomic mass is 16.5. The molecule has 5 nitrogen and oxygen atoms in total. The van der Waals surface area contributed by atoms with E-state index in [2.05, 4.69) is 9.88 Å². The largest absolute Gasteiger partial charge is 0.465 e. The molecule has 138 valence electrons. The molecule has 0 bridgehead atoms. The van der Waals surface area contributed by atoms with Crippen molar-refractivity contribution >= 4 is 17.4 Å². The van der Waals surface area contributed by atoms with Crippen LogP contribution in [0.3, 0.4) is 0 Å². The van der Waals surface area contributed by atoms with E-state index in [0.717, 1.165) is 17.1 Å². The van der Waals surface area contributed by atoms with Crippen molar-refractivity contribution in [2.45, 2.75) is 13.8 Å². The third-order valence-corrected chi connectivity index (χ3v) is 4.48. The molecule has 3 rings (SSSR count). The first-order chi connectivity index (χ1) is 13.0. The van der Waals surface area contributed by atoms with Gasteiger partial charge in [0.1, 0.15) is 0 Å². The zero-order valence-electron chi connectivity index (χ0n) is 15.7. The van der Waals surface area contributed by atoms with Crippen molar-refractivity contribution in [3.05, 3.63) is 83.2 Å². The second kappa shape index (κ2) is 7.91. The summed E-state index contributed by atoms with van der Waals surface area (Å²) in [6.45, 7) is 4.08. The maximum absolute atomic E-state index is 12.7. The summed E-state index contributed by atoms with van der Waals surface area (Å²) in [5.41, 5.74) is 4.78. The number of Topliss-reactive ketones (excluding diaryl/α,β-unsaturated/α-hetero) is 1. The Bertz CT molecular complexity index is 974. The van der Waals surface area contributed by atoms with Gasteiger partial charge in [-0.15, -0.1) is 0 Å². The molecular formula is C22H22N2O3. The van der Waals surface area contributed by atoms with E-state index in [1.807, 2.05) is 56.3 Å². The molecule has 5 heteroatoms. The molecule has 1 N–H and O–H groups in total. The minimum absolute atomic E-state index is 0.00578. The molecule has 0 radical (unpaired) electrons. The van der Waals surface area contributed by atoms with Gasteiger partial charge in [-0.25, -0.2) is 4.79 Å². The standard InChI is InChI=1S/C22H22N2O3/c1-15-12-20(16(2)24(15)19-10-5-4-6-11-19)21(25)14-23-18-9-7-8-17(13-18)22(26)27-3/h4-13,23H,14H2,1-3H3. The summed E-state index contributed by atoms with van der Waals surface area (Å²) in [4.78, 5) is 24.4. The number of nitrogens with one attached hydrogen (secondary N) is 1. The first kappa shape index (κ1) is 18.5. The van der Waals surface area contributed by atoms with Crippen molar-refractivity contribution in [2.24, 2.45) is 0 Å². The minimum Gasteiger partial charge on any atom is -0.465 e. The Morgan fingerprint density at radius 1 is 1.00 bits per heavy atom. The summed E-state index contributed by atoms with van der Waals surface area (Å²) in [5, 5.41) is 3.09. The van der Waals surface area contributed by atoms with Gasteiger partial charge in [0.05, 0.1) is 19.2 Å². The number of carbonyl (C=O) groups excluding carboxylic acids is 2. The van der Waals surface area contributed by atoms with E-state index in [-0.39, 0.29) is 12.3 Å². The summed E-state index contributed by atoms with van der Waals surface area (Å²) in [6, 6.07) is 18.8. The van der Waals surface area contributed by atoms with E-state index in [9.17, 15) is 9.59 Å². The van der Waals surface area contributed by atoms with Crippen molar-refractivity contribution in [3.8, 4) is 5.69 Å². The first-order valence-corrected chi connectivity index (χ1v) is 8.71. The fourth-order valence-corrected chi connectivity index (χ4v) is 3.17. The van der Waals surface area contributed by atoms with Crippen LogP contribution in [0.25, 0.3) is 5.69 Å². The van der Waals surface area contributed by atoms with E-state index < -0.39 is 5.97 Å². The van der Waals surface area contributed by atoms with Gasteiger partial charge in [0.15, 0.2) is 5.78 Å². The third-order valence-electron chi connectivity index (χ3n) is 4.48. The summed E-state index contributed by atoms with van der Waals surface area (Å²) in [6.07, 6.45) is 0. The van der Waals surface area contributed by atoms with Crippen LogP contribution in [-0.2, 0) is 4.74 Å². The third kappa shape index (κ3) is 3.92. The van der Waals surface area contributed by atoms with Crippen LogP contribution in [0.2, 0.25) is 0 Å². The number of hydrogen-bond acceptors (Lipinski definition) is 4. The van der Waals surface area contributed by atoms with Gasteiger partial charge >= 0.3 is 5.97 Å². The number of aryl methyl sites for hydroxylation is 1. The molecule has 1 heterocycles. The lowest BCUT2D eigenvalue weighted by atomic mass is 10.1. The van der Waals surface area contributed by atoms with Gasteiger partial charge in [-0.3, -0.25) is 4.79 Å². The normalized spacial score (nSPS) is 10.5. The van der Waals surface area contributed by atoms with Crippen LogP contribution >= 0.6 is 0 Å². The number of ether oxygens (including phenoxy) is 1. The number of ketones is 1. The van der Waals surface area contributed by atoms with Crippen molar-refractivity contribution in [1.82, 2.24) is 4.57 Å². The molecule has 3 aromatic rings. The Labute approximate surface area is 158 Å². The molecule has 0 unspecified atom stereocenters. The summed E-state index contributed by atoms with van der Waals surface area (Å²) >= 11 is 0.